The van der Waals surface area contributed by atoms with Gasteiger partial charge in [-0.1, -0.05) is 71.1 Å². The topological polar surface area (TPSA) is 289 Å². The van der Waals surface area contributed by atoms with E-state index in [-0.39, 0.29) is 73.2 Å². The Morgan fingerprint density at radius 2 is 1.61 bits per heavy atom. The lowest BCUT2D eigenvalue weighted by Gasteiger charge is -2.42. The zero-order valence-corrected chi connectivity index (χ0v) is 42.8. The second-order valence-corrected chi connectivity index (χ2v) is 20.4. The van der Waals surface area contributed by atoms with Crippen molar-refractivity contribution in [1.82, 2.24) is 4.90 Å². The molecule has 18 heteroatoms. The number of aliphatic hydroxyl groups is 3. The summed E-state index contributed by atoms with van der Waals surface area (Å²) in [7, 11) is 2.92. The van der Waals surface area contributed by atoms with E-state index in [2.05, 4.69) is 9.98 Å². The van der Waals surface area contributed by atoms with Crippen LogP contribution in [0, 0.1) is 35.5 Å². The van der Waals surface area contributed by atoms with E-state index in [0.29, 0.717) is 68.9 Å². The van der Waals surface area contributed by atoms with Crippen LogP contribution in [0.25, 0.3) is 0 Å². The number of hydrogen-bond donors (Lipinski definition) is 6. The second kappa shape index (κ2) is 26.7. The Morgan fingerprint density at radius 3 is 2.29 bits per heavy atom. The van der Waals surface area contributed by atoms with Crippen molar-refractivity contribution >= 4 is 41.1 Å². The number of hydrogen-bond acceptors (Lipinski definition) is 13. The number of esters is 1. The molecule has 4 aliphatic rings. The first kappa shape index (κ1) is 58.0. The molecular formula is C52H82N6O12. The van der Waals surface area contributed by atoms with E-state index in [1.54, 1.807) is 47.0 Å². The standard InChI is InChI=1S/C52H82N6O12/c1-29-15-11-10-12-16-30(2)38(56-51(55)57-50(53)54)27-37-20-18-35(7)52(66,70-37)47(63)48(64)58-22-14-13-17-39(58)49(65)69-42(32(4)25-36-19-21-40(59)43(26-36)67-8)28-41(60)31(3)24-34(6)45(62)46(68-9)44(61)33(5)23-29/h10-12,15-16,24,29,31-33,35-40,42-43,45-46,59,62,66H,13-14,17-23,25-28H2,1-9H3,(H6,53,54,55,56,57)/b12-10+,15-11+,30-16-,34-24+/t29-,31-,32?,33-,35-,36-,37+,38+,39+,40-,42+,43-,45-,46+,52-/m1/s1. The predicted octanol–water partition coefficient (Wildman–Crippen LogP) is 4.12. The first-order valence-electron chi connectivity index (χ1n) is 25.1. The van der Waals surface area contributed by atoms with Gasteiger partial charge in [-0.05, 0) is 107 Å². The number of amides is 1. The van der Waals surface area contributed by atoms with Crippen molar-refractivity contribution in [3.63, 3.8) is 0 Å². The smallest absolute Gasteiger partial charge is 0.329 e. The lowest BCUT2D eigenvalue weighted by molar-refractivity contribution is -0.263. The minimum Gasteiger partial charge on any atom is -0.460 e. The van der Waals surface area contributed by atoms with Crippen LogP contribution in [0.15, 0.2) is 57.6 Å². The SMILES string of the molecule is CO[C@@H]1C[C@@H](CC(C)[C@@H]2CC(=O)[C@H](C)/C=C(\C)[C@@H](O)[C@@H](OC)C(=O)[C@H](C)C[C@H](C)/C=C/C=C/C=C(/C)[C@@H](N=C(N)N=C(N)N)C[C@@H]3CC[C@@H](C)[C@@](O)(O3)C(=O)C(=O)N3CCCC[C@H]3C(=O)O2)CC[C@H]1O. The number of carbonyl (C=O) groups is 5. The summed E-state index contributed by atoms with van der Waals surface area (Å²) in [5.74, 6) is -9.05. The summed E-state index contributed by atoms with van der Waals surface area (Å²) in [4.78, 5) is 80.7. The molecule has 18 nitrogen and oxygen atoms in total. The largest absolute Gasteiger partial charge is 0.460 e. The van der Waals surface area contributed by atoms with Gasteiger partial charge >= 0.3 is 5.97 Å². The Kier molecular flexibility index (Phi) is 22.2. The quantitative estimate of drug-likeness (QED) is 0.0718. The lowest BCUT2D eigenvalue weighted by atomic mass is 9.78. The summed E-state index contributed by atoms with van der Waals surface area (Å²) >= 11 is 0. The van der Waals surface area contributed by atoms with Gasteiger partial charge in [0.2, 0.25) is 11.7 Å². The number of aliphatic hydroxyl groups excluding tert-OH is 2. The van der Waals surface area contributed by atoms with Gasteiger partial charge in [-0.25, -0.2) is 9.79 Å². The molecule has 2 saturated heterocycles. The molecule has 1 saturated carbocycles. The maximum absolute atomic E-state index is 14.4. The molecule has 1 amide bonds. The number of allylic oxidation sites excluding steroid dienone is 6. The fraction of sp³-hybridized carbons (Fsp3) is 0.712. The number of fused-ring (bicyclic) bond motifs is 3. The highest BCUT2D eigenvalue weighted by Gasteiger charge is 2.53. The van der Waals surface area contributed by atoms with Crippen LogP contribution in [-0.2, 0) is 42.9 Å². The Balaban J connectivity index is 1.75. The van der Waals surface area contributed by atoms with Crippen molar-refractivity contribution in [3.8, 4) is 0 Å². The number of ether oxygens (including phenoxy) is 4. The van der Waals surface area contributed by atoms with Gasteiger partial charge in [0, 0.05) is 51.4 Å². The summed E-state index contributed by atoms with van der Waals surface area (Å²) in [5.41, 5.74) is 18.3. The third-order valence-corrected chi connectivity index (χ3v) is 14.8. The second-order valence-electron chi connectivity index (χ2n) is 20.4. The molecule has 1 unspecified atom stereocenters. The van der Waals surface area contributed by atoms with Crippen LogP contribution in [0.4, 0.5) is 0 Å². The third kappa shape index (κ3) is 15.7. The van der Waals surface area contributed by atoms with Crippen molar-refractivity contribution in [2.75, 3.05) is 20.8 Å². The van der Waals surface area contributed by atoms with E-state index in [9.17, 15) is 39.3 Å². The van der Waals surface area contributed by atoms with Gasteiger partial charge in [-0.15, -0.1) is 0 Å². The van der Waals surface area contributed by atoms with Gasteiger partial charge in [0.25, 0.3) is 11.7 Å². The van der Waals surface area contributed by atoms with Gasteiger partial charge in [0.05, 0.1) is 24.4 Å². The van der Waals surface area contributed by atoms with Crippen LogP contribution in [0.5, 0.6) is 0 Å². The molecule has 1 aliphatic carbocycles. The number of rotatable bonds is 6. The van der Waals surface area contributed by atoms with Crippen molar-refractivity contribution in [2.45, 2.75) is 180 Å². The Hall–Kier alpha value is -4.59. The van der Waals surface area contributed by atoms with Crippen LogP contribution in [0.3, 0.4) is 0 Å². The molecule has 2 bridgehead atoms. The number of piperidine rings is 1. The average molecular weight is 983 g/mol. The number of cyclic esters (lactones) is 1. The molecule has 9 N–H and O–H groups in total. The fourth-order valence-corrected chi connectivity index (χ4v) is 10.3. The third-order valence-electron chi connectivity index (χ3n) is 14.8. The molecule has 3 fully saturated rings. The molecule has 3 heterocycles. The highest BCUT2D eigenvalue weighted by Crippen LogP contribution is 2.38. The lowest BCUT2D eigenvalue weighted by Crippen LogP contribution is -2.61. The highest BCUT2D eigenvalue weighted by molar-refractivity contribution is 6.39. The summed E-state index contributed by atoms with van der Waals surface area (Å²) in [6.45, 7) is 12.5. The fourth-order valence-electron chi connectivity index (χ4n) is 10.3. The molecule has 70 heavy (non-hydrogen) atoms. The van der Waals surface area contributed by atoms with Crippen LogP contribution < -0.4 is 17.2 Å². The summed E-state index contributed by atoms with van der Waals surface area (Å²) in [6, 6.07) is -1.88. The van der Waals surface area contributed by atoms with Gasteiger partial charge in [0.15, 0.2) is 11.7 Å². The van der Waals surface area contributed by atoms with E-state index < -0.39 is 83.8 Å². The molecule has 0 spiro atoms. The average Bonchev–Trinajstić information content (AvgIpc) is 3.31. The van der Waals surface area contributed by atoms with Crippen molar-refractivity contribution in [2.24, 2.45) is 62.7 Å². The maximum Gasteiger partial charge on any atom is 0.329 e. The Bertz CT molecular complexity index is 2010. The van der Waals surface area contributed by atoms with Crippen LogP contribution >= 0.6 is 0 Å². The Labute approximate surface area is 414 Å². The number of ketones is 3. The summed E-state index contributed by atoms with van der Waals surface area (Å²) < 4.78 is 23.6. The predicted molar refractivity (Wildman–Crippen MR) is 266 cm³/mol. The number of methoxy groups -OCH3 is 2. The minimum atomic E-state index is -2.54. The summed E-state index contributed by atoms with van der Waals surface area (Å²) in [5, 5.41) is 34.1. The number of nitrogens with zero attached hydrogens (tertiary/aromatic N) is 3. The maximum atomic E-state index is 14.4. The molecule has 392 valence electrons. The normalized spacial score (nSPS) is 38.5. The molecule has 0 radical (unpaired) electrons. The molecule has 4 rings (SSSR count). The molecule has 0 aromatic rings. The van der Waals surface area contributed by atoms with E-state index in [1.807, 2.05) is 45.1 Å². The number of nitrogens with two attached hydrogens (primary N) is 3. The molecule has 0 aromatic carbocycles. The van der Waals surface area contributed by atoms with Crippen molar-refractivity contribution in [3.05, 3.63) is 47.6 Å². The molecule has 3 aliphatic heterocycles. The Morgan fingerprint density at radius 1 is 0.900 bits per heavy atom. The van der Waals surface area contributed by atoms with Crippen molar-refractivity contribution < 1.29 is 58.2 Å². The van der Waals surface area contributed by atoms with Gasteiger partial charge in [-0.3, -0.25) is 19.2 Å². The van der Waals surface area contributed by atoms with E-state index in [0.717, 1.165) is 4.90 Å². The van der Waals surface area contributed by atoms with Gasteiger partial charge < -0.3 is 56.4 Å². The zero-order chi connectivity index (χ0) is 52.0. The van der Waals surface area contributed by atoms with Crippen LogP contribution in [-0.4, -0.2) is 137 Å². The van der Waals surface area contributed by atoms with Crippen molar-refractivity contribution in [1.29, 1.82) is 0 Å². The number of aliphatic imine (C=N–C) groups is 2. The zero-order valence-electron chi connectivity index (χ0n) is 42.8. The molecular weight excluding hydrogens is 901 g/mol. The highest BCUT2D eigenvalue weighted by atomic mass is 16.6. The van der Waals surface area contributed by atoms with E-state index in [4.69, 9.17) is 36.1 Å². The number of Topliss-reactive ketones (excluding diaryl/α,β-unsaturated/α-hetero) is 3. The van der Waals surface area contributed by atoms with Gasteiger partial charge in [0.1, 0.15) is 30.1 Å². The molecule has 0 aromatic heterocycles. The number of carbonyl (C=O) groups excluding carboxylic acids is 5. The first-order chi connectivity index (χ1) is 33.0. The van der Waals surface area contributed by atoms with E-state index in [1.165, 1.54) is 7.11 Å². The first-order valence-corrected chi connectivity index (χ1v) is 25.1. The monoisotopic (exact) mass is 983 g/mol. The number of guanidine groups is 2. The molecule has 15 atom stereocenters. The minimum absolute atomic E-state index is 0.0409. The van der Waals surface area contributed by atoms with E-state index >= 15 is 0 Å². The van der Waals surface area contributed by atoms with Crippen LogP contribution in [0.2, 0.25) is 0 Å². The van der Waals surface area contributed by atoms with Gasteiger partial charge in [-0.2, -0.15) is 4.99 Å². The van der Waals surface area contributed by atoms with Crippen LogP contribution in [0.1, 0.15) is 126 Å². The summed E-state index contributed by atoms with van der Waals surface area (Å²) in [6.07, 6.45) is 10.3.